The maximum atomic E-state index is 13.2. The predicted octanol–water partition coefficient (Wildman–Crippen LogP) is 2.66. The third-order valence-electron chi connectivity index (χ3n) is 4.37. The molecular formula is C17H23N3O2S2. The normalized spacial score (nSPS) is 19.5. The molecule has 0 spiro atoms. The molecule has 1 saturated heterocycles. The fourth-order valence-corrected chi connectivity index (χ4v) is 6.30. The molecular weight excluding hydrogens is 342 g/mol. The molecule has 130 valence electrons. The van der Waals surface area contributed by atoms with E-state index in [4.69, 9.17) is 0 Å². The molecule has 3 rings (SSSR count). The molecule has 24 heavy (non-hydrogen) atoms. The lowest BCUT2D eigenvalue weighted by atomic mass is 10.0. The summed E-state index contributed by atoms with van der Waals surface area (Å²) in [7, 11) is -3.54. The van der Waals surface area contributed by atoms with Crippen LogP contribution in [0.2, 0.25) is 0 Å². The van der Waals surface area contributed by atoms with Crippen molar-refractivity contribution in [3.05, 3.63) is 46.1 Å². The average molecular weight is 366 g/mol. The van der Waals surface area contributed by atoms with Crippen LogP contribution < -0.4 is 5.32 Å². The van der Waals surface area contributed by atoms with Crippen LogP contribution in [0.15, 0.2) is 28.5 Å². The number of hydrogen-bond acceptors (Lipinski definition) is 5. The van der Waals surface area contributed by atoms with E-state index in [0.29, 0.717) is 29.5 Å². The quantitative estimate of drug-likeness (QED) is 0.905. The van der Waals surface area contributed by atoms with E-state index in [9.17, 15) is 8.42 Å². The molecule has 1 N–H and O–H groups in total. The van der Waals surface area contributed by atoms with Gasteiger partial charge in [0, 0.05) is 19.6 Å². The van der Waals surface area contributed by atoms with E-state index >= 15 is 0 Å². The number of benzene rings is 1. The second-order valence-corrected chi connectivity index (χ2v) is 9.33. The number of aryl methyl sites for hydroxylation is 3. The molecule has 1 fully saturated rings. The Morgan fingerprint density at radius 1 is 1.29 bits per heavy atom. The first-order valence-corrected chi connectivity index (χ1v) is 10.4. The molecule has 1 aromatic heterocycles. The van der Waals surface area contributed by atoms with Crippen molar-refractivity contribution < 1.29 is 8.42 Å². The van der Waals surface area contributed by atoms with Crippen LogP contribution in [-0.4, -0.2) is 37.3 Å². The molecule has 1 atom stereocenters. The van der Waals surface area contributed by atoms with Crippen molar-refractivity contribution >= 4 is 21.4 Å². The molecule has 0 saturated carbocycles. The van der Waals surface area contributed by atoms with E-state index in [2.05, 4.69) is 29.4 Å². The molecule has 7 heteroatoms. The summed E-state index contributed by atoms with van der Waals surface area (Å²) in [6.45, 7) is 7.49. The van der Waals surface area contributed by atoms with Crippen molar-refractivity contribution in [2.45, 2.75) is 37.4 Å². The highest BCUT2D eigenvalue weighted by Crippen LogP contribution is 2.33. The van der Waals surface area contributed by atoms with Gasteiger partial charge in [-0.15, -0.1) is 11.3 Å². The Hall–Kier alpha value is -1.28. The van der Waals surface area contributed by atoms with Crippen LogP contribution in [0.25, 0.3) is 0 Å². The molecule has 0 radical (unpaired) electrons. The number of hydrogen-bond donors (Lipinski definition) is 1. The van der Waals surface area contributed by atoms with Crippen LogP contribution in [0.4, 0.5) is 0 Å². The number of nitrogens with zero attached hydrogens (tertiary/aromatic N) is 2. The molecule has 1 aliphatic rings. The Morgan fingerprint density at radius 3 is 2.58 bits per heavy atom. The van der Waals surface area contributed by atoms with Gasteiger partial charge in [-0.25, -0.2) is 13.4 Å². The Morgan fingerprint density at radius 2 is 2.00 bits per heavy atom. The summed E-state index contributed by atoms with van der Waals surface area (Å²) in [5.41, 5.74) is 2.88. The predicted molar refractivity (Wildman–Crippen MR) is 96.9 cm³/mol. The second kappa shape index (κ2) is 6.92. The SMILES string of the molecule is CCc1ccc(C2CNCCN2S(=O)(=O)c2sc(C)nc2C)cc1. The van der Waals surface area contributed by atoms with Crippen LogP contribution in [0, 0.1) is 13.8 Å². The van der Waals surface area contributed by atoms with Gasteiger partial charge in [0.2, 0.25) is 0 Å². The van der Waals surface area contributed by atoms with Crippen molar-refractivity contribution in [1.82, 2.24) is 14.6 Å². The maximum Gasteiger partial charge on any atom is 0.255 e. The van der Waals surface area contributed by atoms with Crippen molar-refractivity contribution in [3.63, 3.8) is 0 Å². The van der Waals surface area contributed by atoms with Gasteiger partial charge in [-0.1, -0.05) is 31.2 Å². The Bertz CT molecular complexity index is 813. The van der Waals surface area contributed by atoms with Gasteiger partial charge in [0.1, 0.15) is 0 Å². The van der Waals surface area contributed by atoms with Gasteiger partial charge in [0.15, 0.2) is 4.21 Å². The number of rotatable bonds is 4. The fourth-order valence-electron chi connectivity index (χ4n) is 3.09. The van der Waals surface area contributed by atoms with Crippen LogP contribution in [-0.2, 0) is 16.4 Å². The zero-order chi connectivity index (χ0) is 17.3. The summed E-state index contributed by atoms with van der Waals surface area (Å²) in [6, 6.07) is 8.07. The van der Waals surface area contributed by atoms with Gasteiger partial charge in [0.25, 0.3) is 10.0 Å². The zero-order valence-electron chi connectivity index (χ0n) is 14.2. The Balaban J connectivity index is 1.98. The summed E-state index contributed by atoms with van der Waals surface area (Å²) in [6.07, 6.45) is 0.977. The molecule has 5 nitrogen and oxygen atoms in total. The fraction of sp³-hybridized carbons (Fsp3) is 0.471. The zero-order valence-corrected chi connectivity index (χ0v) is 15.9. The van der Waals surface area contributed by atoms with Crippen molar-refractivity contribution in [3.8, 4) is 0 Å². The summed E-state index contributed by atoms with van der Waals surface area (Å²) in [4.78, 5) is 4.29. The minimum absolute atomic E-state index is 0.184. The van der Waals surface area contributed by atoms with Gasteiger partial charge in [-0.3, -0.25) is 0 Å². The first kappa shape index (κ1) is 17.5. The first-order chi connectivity index (χ1) is 11.4. The third kappa shape index (κ3) is 3.26. The number of nitrogens with one attached hydrogen (secondary N) is 1. The second-order valence-electron chi connectivity index (χ2n) is 6.04. The van der Waals surface area contributed by atoms with Gasteiger partial charge in [-0.2, -0.15) is 4.31 Å². The lowest BCUT2D eigenvalue weighted by Gasteiger charge is -2.35. The van der Waals surface area contributed by atoms with Crippen molar-refractivity contribution in [1.29, 1.82) is 0 Å². The third-order valence-corrected chi connectivity index (χ3v) is 7.94. The largest absolute Gasteiger partial charge is 0.313 e. The molecule has 0 bridgehead atoms. The minimum Gasteiger partial charge on any atom is -0.313 e. The summed E-state index contributed by atoms with van der Waals surface area (Å²) < 4.78 is 28.4. The van der Waals surface area contributed by atoms with Crippen molar-refractivity contribution in [2.24, 2.45) is 0 Å². The summed E-state index contributed by atoms with van der Waals surface area (Å²) >= 11 is 1.26. The number of piperazine rings is 1. The lowest BCUT2D eigenvalue weighted by molar-refractivity contribution is 0.272. The van der Waals surface area contributed by atoms with E-state index in [1.165, 1.54) is 16.9 Å². The van der Waals surface area contributed by atoms with E-state index in [1.54, 1.807) is 11.2 Å². The topological polar surface area (TPSA) is 62.3 Å². The number of thiazole rings is 1. The van der Waals surface area contributed by atoms with Gasteiger partial charge >= 0.3 is 0 Å². The first-order valence-electron chi connectivity index (χ1n) is 8.19. The Labute approximate surface area is 147 Å². The molecule has 2 heterocycles. The highest BCUT2D eigenvalue weighted by atomic mass is 32.2. The summed E-state index contributed by atoms with van der Waals surface area (Å²) in [5.74, 6) is 0. The van der Waals surface area contributed by atoms with Crippen molar-refractivity contribution in [2.75, 3.05) is 19.6 Å². The average Bonchev–Trinajstić information content (AvgIpc) is 2.94. The van der Waals surface area contributed by atoms with E-state index in [1.807, 2.05) is 19.1 Å². The maximum absolute atomic E-state index is 13.2. The van der Waals surface area contributed by atoms with Crippen LogP contribution >= 0.6 is 11.3 Å². The monoisotopic (exact) mass is 365 g/mol. The van der Waals surface area contributed by atoms with Crippen LogP contribution in [0.5, 0.6) is 0 Å². The Kier molecular flexibility index (Phi) is 5.05. The molecule has 2 aromatic rings. The lowest BCUT2D eigenvalue weighted by Crippen LogP contribution is -2.48. The summed E-state index contributed by atoms with van der Waals surface area (Å²) in [5, 5.41) is 4.10. The van der Waals surface area contributed by atoms with Gasteiger partial charge in [0.05, 0.1) is 16.7 Å². The van der Waals surface area contributed by atoms with Gasteiger partial charge < -0.3 is 5.32 Å². The van der Waals surface area contributed by atoms with E-state index < -0.39 is 10.0 Å². The highest BCUT2D eigenvalue weighted by molar-refractivity contribution is 7.91. The molecule has 0 aliphatic carbocycles. The highest BCUT2D eigenvalue weighted by Gasteiger charge is 2.36. The molecule has 1 aromatic carbocycles. The smallest absolute Gasteiger partial charge is 0.255 e. The molecule has 1 unspecified atom stereocenters. The number of sulfonamides is 1. The van der Waals surface area contributed by atoms with E-state index in [-0.39, 0.29) is 6.04 Å². The van der Waals surface area contributed by atoms with Crippen LogP contribution in [0.3, 0.4) is 0 Å². The standard InChI is InChI=1S/C17H23N3O2S2/c1-4-14-5-7-15(8-6-14)16-11-18-9-10-20(16)24(21,22)17-12(2)19-13(3)23-17/h5-8,16,18H,4,9-11H2,1-3H3. The van der Waals surface area contributed by atoms with Gasteiger partial charge in [-0.05, 0) is 31.4 Å². The van der Waals surface area contributed by atoms with Crippen LogP contribution in [0.1, 0.15) is 34.8 Å². The number of aromatic nitrogens is 1. The molecule has 0 amide bonds. The van der Waals surface area contributed by atoms with E-state index in [0.717, 1.165) is 17.0 Å². The minimum atomic E-state index is -3.54. The molecule has 1 aliphatic heterocycles.